The average molecular weight is 715 g/mol. The normalized spacial score (nSPS) is 17.5. The molecule has 1 heterocycles. The highest BCUT2D eigenvalue weighted by Crippen LogP contribution is 2.32. The fourth-order valence-corrected chi connectivity index (χ4v) is 6.20. The second-order valence-corrected chi connectivity index (χ2v) is 8.71. The molecule has 1 amide bonds. The Balaban J connectivity index is 2.17. The van der Waals surface area contributed by atoms with E-state index in [0.29, 0.717) is 12.8 Å². The zero-order chi connectivity index (χ0) is 20.5. The van der Waals surface area contributed by atoms with Crippen LogP contribution < -0.4 is 5.32 Å². The molecular weight excluding hydrogens is 703 g/mol. The smallest absolute Gasteiger partial charge is 0.377 e. The molecule has 2 rings (SSSR count). The predicted molar refractivity (Wildman–Crippen MR) is 117 cm³/mol. The van der Waals surface area contributed by atoms with E-state index in [9.17, 15) is 29.7 Å². The molecule has 1 aromatic rings. The average Bonchev–Trinajstić information content (AvgIpc) is 2.83. The Kier molecular flexibility index (Phi) is 7.54. The summed E-state index contributed by atoms with van der Waals surface area (Å²) in [5.41, 5.74) is 0.658. The Hall–Kier alpha value is -0.880. The Morgan fingerprint density at radius 3 is 2.44 bits per heavy atom. The number of carbonyl (C=O) groups excluding carboxylic acids is 3. The maximum atomic E-state index is 12.5. The van der Waals surface area contributed by atoms with Gasteiger partial charge in [0.1, 0.15) is 12.7 Å². The Labute approximate surface area is 193 Å². The second kappa shape index (κ2) is 9.08. The first-order valence-electron chi connectivity index (χ1n) is 7.17. The van der Waals surface area contributed by atoms with Gasteiger partial charge in [0.05, 0.1) is 14.8 Å². The maximum absolute atomic E-state index is 12.5. The number of hydrogen-bond acceptors (Lipinski definition) is 8. The lowest BCUT2D eigenvalue weighted by Crippen LogP contribution is -2.34. The number of halogens is 3. The van der Waals surface area contributed by atoms with Crippen molar-refractivity contribution in [3.05, 3.63) is 33.9 Å². The van der Waals surface area contributed by atoms with Crippen LogP contribution in [0.15, 0.2) is 17.6 Å². The molecule has 0 bridgehead atoms. The number of aliphatic hydroxyl groups is 3. The van der Waals surface area contributed by atoms with Gasteiger partial charge in [0.15, 0.2) is 11.9 Å². The van der Waals surface area contributed by atoms with Gasteiger partial charge in [-0.1, -0.05) is 0 Å². The van der Waals surface area contributed by atoms with Gasteiger partial charge in [-0.2, -0.15) is 0 Å². The molecule has 0 fully saturated rings. The number of benzene rings is 1. The van der Waals surface area contributed by atoms with Gasteiger partial charge >= 0.3 is 11.9 Å². The van der Waals surface area contributed by atoms with Crippen LogP contribution in [0.4, 0.5) is 5.69 Å². The molecule has 1 aromatic carbocycles. The molecule has 9 nitrogen and oxygen atoms in total. The Bertz CT molecular complexity index is 854. The SMILES string of the molecule is CC(=O)Nc1c(I)cc(I)c(C(=O)OCC(O)C2OC(=O)C(O)=C2O)c1I. The third-order valence-electron chi connectivity index (χ3n) is 3.35. The first-order valence-corrected chi connectivity index (χ1v) is 10.4. The Morgan fingerprint density at radius 1 is 1.30 bits per heavy atom. The molecule has 1 aliphatic rings. The van der Waals surface area contributed by atoms with E-state index in [1.54, 1.807) is 6.07 Å². The van der Waals surface area contributed by atoms with Crippen molar-refractivity contribution in [1.82, 2.24) is 0 Å². The lowest BCUT2D eigenvalue weighted by molar-refractivity contribution is -0.147. The predicted octanol–water partition coefficient (Wildman–Crippen LogP) is 2.23. The molecular formula is C15H12I3NO8. The number of ether oxygens (including phenoxy) is 2. The van der Waals surface area contributed by atoms with Crippen molar-refractivity contribution in [2.45, 2.75) is 19.1 Å². The minimum Gasteiger partial charge on any atom is -0.505 e. The number of anilines is 1. The molecule has 0 radical (unpaired) electrons. The van der Waals surface area contributed by atoms with Crippen molar-refractivity contribution < 1.29 is 39.2 Å². The van der Waals surface area contributed by atoms with Gasteiger partial charge in [0, 0.05) is 14.1 Å². The molecule has 2 unspecified atom stereocenters. The van der Waals surface area contributed by atoms with Gasteiger partial charge < -0.3 is 30.1 Å². The van der Waals surface area contributed by atoms with Crippen LogP contribution in [0.25, 0.3) is 0 Å². The molecule has 0 saturated carbocycles. The van der Waals surface area contributed by atoms with E-state index in [-0.39, 0.29) is 11.5 Å². The number of nitrogens with one attached hydrogen (secondary N) is 1. The van der Waals surface area contributed by atoms with Crippen LogP contribution in [0, 0.1) is 10.7 Å². The summed E-state index contributed by atoms with van der Waals surface area (Å²) in [6, 6.07) is 1.69. The van der Waals surface area contributed by atoms with Crippen molar-refractivity contribution in [2.24, 2.45) is 0 Å². The number of amides is 1. The van der Waals surface area contributed by atoms with Crippen LogP contribution in [0.3, 0.4) is 0 Å². The monoisotopic (exact) mass is 715 g/mol. The lowest BCUT2D eigenvalue weighted by Gasteiger charge is -2.18. The Morgan fingerprint density at radius 2 is 1.93 bits per heavy atom. The molecule has 12 heteroatoms. The highest BCUT2D eigenvalue weighted by molar-refractivity contribution is 14.1. The van der Waals surface area contributed by atoms with Gasteiger partial charge in [-0.05, 0) is 73.8 Å². The number of cyclic esters (lactones) is 1. The van der Waals surface area contributed by atoms with Crippen LogP contribution in [0.5, 0.6) is 0 Å². The number of hydrogen-bond donors (Lipinski definition) is 4. The first-order chi connectivity index (χ1) is 12.5. The van der Waals surface area contributed by atoms with E-state index in [0.717, 1.165) is 3.57 Å². The molecule has 2 atom stereocenters. The standard InChI is InChI=1S/C15H12I3NO8/c1-4(20)19-10-6(17)2-5(16)8(9(10)18)14(24)26-3-7(21)13-11(22)12(23)15(25)27-13/h2,7,13,21-23H,3H2,1H3,(H,19,20). The van der Waals surface area contributed by atoms with Crippen LogP contribution >= 0.6 is 67.8 Å². The van der Waals surface area contributed by atoms with E-state index in [1.807, 2.05) is 67.8 Å². The van der Waals surface area contributed by atoms with Gasteiger partial charge in [-0.25, -0.2) is 9.59 Å². The summed E-state index contributed by atoms with van der Waals surface area (Å²) < 4.78 is 11.4. The lowest BCUT2D eigenvalue weighted by atomic mass is 10.1. The molecule has 0 spiro atoms. The molecule has 27 heavy (non-hydrogen) atoms. The summed E-state index contributed by atoms with van der Waals surface area (Å²) in [4.78, 5) is 35.0. The van der Waals surface area contributed by atoms with E-state index >= 15 is 0 Å². The number of rotatable bonds is 5. The van der Waals surface area contributed by atoms with Crippen LogP contribution in [-0.4, -0.2) is 52.0 Å². The minimum absolute atomic E-state index is 0.193. The molecule has 0 aliphatic carbocycles. The fourth-order valence-electron chi connectivity index (χ4n) is 2.12. The second-order valence-electron chi connectivity index (χ2n) is 5.31. The third-order valence-corrected chi connectivity index (χ3v) is 6.13. The molecule has 1 aliphatic heterocycles. The summed E-state index contributed by atoms with van der Waals surface area (Å²) in [7, 11) is 0. The molecule has 146 valence electrons. The minimum atomic E-state index is -1.57. The summed E-state index contributed by atoms with van der Waals surface area (Å²) in [5.74, 6) is -4.07. The van der Waals surface area contributed by atoms with Crippen LogP contribution in [0.2, 0.25) is 0 Å². The fraction of sp³-hybridized carbons (Fsp3) is 0.267. The highest BCUT2D eigenvalue weighted by Gasteiger charge is 2.39. The van der Waals surface area contributed by atoms with Crippen LogP contribution in [0.1, 0.15) is 17.3 Å². The van der Waals surface area contributed by atoms with E-state index in [4.69, 9.17) is 4.74 Å². The summed E-state index contributed by atoms with van der Waals surface area (Å²) in [5, 5.41) is 31.4. The zero-order valence-electron chi connectivity index (χ0n) is 13.5. The molecule has 0 aromatic heterocycles. The van der Waals surface area contributed by atoms with E-state index in [2.05, 4.69) is 10.1 Å². The summed E-state index contributed by atoms with van der Waals surface area (Å²) >= 11 is 5.88. The quantitative estimate of drug-likeness (QED) is 0.269. The van der Waals surface area contributed by atoms with Gasteiger partial charge in [0.25, 0.3) is 0 Å². The number of esters is 2. The molecule has 4 N–H and O–H groups in total. The van der Waals surface area contributed by atoms with Gasteiger partial charge in [0.2, 0.25) is 11.7 Å². The zero-order valence-corrected chi connectivity index (χ0v) is 19.9. The van der Waals surface area contributed by atoms with Gasteiger partial charge in [-0.15, -0.1) is 0 Å². The van der Waals surface area contributed by atoms with Gasteiger partial charge in [-0.3, -0.25) is 4.79 Å². The number of carbonyl (C=O) groups is 3. The molecule has 0 saturated heterocycles. The van der Waals surface area contributed by atoms with E-state index < -0.39 is 42.3 Å². The number of aliphatic hydroxyl groups excluding tert-OH is 3. The summed E-state index contributed by atoms with van der Waals surface area (Å²) in [6.07, 6.45) is -3.09. The maximum Gasteiger partial charge on any atom is 0.377 e. The van der Waals surface area contributed by atoms with Crippen molar-refractivity contribution in [2.75, 3.05) is 11.9 Å². The third kappa shape index (κ3) is 4.94. The van der Waals surface area contributed by atoms with Crippen molar-refractivity contribution >= 4 is 91.3 Å². The first kappa shape index (κ1) is 22.4. The van der Waals surface area contributed by atoms with Crippen molar-refractivity contribution in [1.29, 1.82) is 0 Å². The van der Waals surface area contributed by atoms with Crippen molar-refractivity contribution in [3.63, 3.8) is 0 Å². The highest BCUT2D eigenvalue weighted by atomic mass is 127. The summed E-state index contributed by atoms with van der Waals surface area (Å²) in [6.45, 7) is 0.749. The topological polar surface area (TPSA) is 142 Å². The van der Waals surface area contributed by atoms with Crippen LogP contribution in [-0.2, 0) is 19.1 Å². The van der Waals surface area contributed by atoms with E-state index in [1.165, 1.54) is 6.92 Å². The largest absolute Gasteiger partial charge is 0.505 e. The van der Waals surface area contributed by atoms with Crippen molar-refractivity contribution in [3.8, 4) is 0 Å².